The molecule has 27 heavy (non-hydrogen) atoms. The van der Waals surface area contributed by atoms with Crippen LogP contribution in [-0.2, 0) is 13.1 Å². The molecule has 6 heteroatoms. The molecule has 0 aliphatic carbocycles. The largest absolute Gasteiger partial charge is 0.497 e. The number of aromatic amines is 1. The van der Waals surface area contributed by atoms with Crippen LogP contribution in [0.3, 0.4) is 0 Å². The average Bonchev–Trinajstić information content (AvgIpc) is 2.96. The van der Waals surface area contributed by atoms with Gasteiger partial charge in [0, 0.05) is 25.2 Å². The predicted molar refractivity (Wildman–Crippen MR) is 104 cm³/mol. The minimum Gasteiger partial charge on any atom is -0.497 e. The van der Waals surface area contributed by atoms with Crippen molar-refractivity contribution in [1.82, 2.24) is 19.8 Å². The summed E-state index contributed by atoms with van der Waals surface area (Å²) in [6.07, 6.45) is 1.06. The molecule has 2 aromatic carbocycles. The zero-order valence-corrected chi connectivity index (χ0v) is 15.6. The van der Waals surface area contributed by atoms with Crippen molar-refractivity contribution in [3.63, 3.8) is 0 Å². The Morgan fingerprint density at radius 1 is 1.04 bits per heavy atom. The molecule has 2 heterocycles. The van der Waals surface area contributed by atoms with Crippen molar-refractivity contribution in [1.29, 1.82) is 0 Å². The molecule has 3 aromatic rings. The molecular formula is C21H25FN4O. The lowest BCUT2D eigenvalue weighted by atomic mass is 10.2. The summed E-state index contributed by atoms with van der Waals surface area (Å²) < 4.78 is 19.4. The van der Waals surface area contributed by atoms with Crippen molar-refractivity contribution in [2.75, 3.05) is 33.3 Å². The summed E-state index contributed by atoms with van der Waals surface area (Å²) in [4.78, 5) is 12.8. The maximum atomic E-state index is 14.1. The van der Waals surface area contributed by atoms with Gasteiger partial charge < -0.3 is 9.72 Å². The highest BCUT2D eigenvalue weighted by Crippen LogP contribution is 2.19. The summed E-state index contributed by atoms with van der Waals surface area (Å²) in [5, 5.41) is 0. The smallest absolute Gasteiger partial charge is 0.127 e. The summed E-state index contributed by atoms with van der Waals surface area (Å²) in [6, 6.07) is 13.1. The molecule has 0 bridgehead atoms. The molecule has 1 N–H and O–H groups in total. The molecule has 5 nitrogen and oxygen atoms in total. The number of para-hydroxylation sites is 2. The van der Waals surface area contributed by atoms with Crippen molar-refractivity contribution in [2.45, 2.75) is 19.5 Å². The van der Waals surface area contributed by atoms with Gasteiger partial charge in [-0.3, -0.25) is 9.80 Å². The van der Waals surface area contributed by atoms with Crippen LogP contribution in [0.15, 0.2) is 42.5 Å². The lowest BCUT2D eigenvalue weighted by Gasteiger charge is -2.21. The summed E-state index contributed by atoms with van der Waals surface area (Å²) in [7, 11) is 1.61. The predicted octanol–water partition coefficient (Wildman–Crippen LogP) is 3.42. The van der Waals surface area contributed by atoms with Crippen molar-refractivity contribution in [3.8, 4) is 5.75 Å². The number of H-pyrrole nitrogens is 1. The fourth-order valence-electron chi connectivity index (χ4n) is 3.67. The van der Waals surface area contributed by atoms with Crippen LogP contribution in [0.2, 0.25) is 0 Å². The first-order valence-electron chi connectivity index (χ1n) is 9.42. The number of benzene rings is 2. The highest BCUT2D eigenvalue weighted by Gasteiger charge is 2.18. The van der Waals surface area contributed by atoms with E-state index in [1.807, 2.05) is 18.2 Å². The van der Waals surface area contributed by atoms with Crippen LogP contribution >= 0.6 is 0 Å². The summed E-state index contributed by atoms with van der Waals surface area (Å²) >= 11 is 0. The van der Waals surface area contributed by atoms with E-state index in [-0.39, 0.29) is 5.82 Å². The average molecular weight is 368 g/mol. The standard InChI is InChI=1S/C21H25FN4O/c1-27-17-7-8-18(22)16(13-17)14-25-9-4-10-26(12-11-25)15-21-23-19-5-2-3-6-20(19)24-21/h2-3,5-8,13H,4,9-12,14-15H2,1H3,(H,23,24). The van der Waals surface area contributed by atoms with Gasteiger partial charge in [0.05, 0.1) is 24.7 Å². The Morgan fingerprint density at radius 3 is 2.59 bits per heavy atom. The lowest BCUT2D eigenvalue weighted by molar-refractivity contribution is 0.242. The molecule has 0 radical (unpaired) electrons. The molecule has 0 saturated carbocycles. The number of hydrogen-bond acceptors (Lipinski definition) is 4. The van der Waals surface area contributed by atoms with Crippen molar-refractivity contribution >= 4 is 11.0 Å². The molecule has 0 spiro atoms. The molecule has 1 saturated heterocycles. The Hall–Kier alpha value is -2.44. The van der Waals surface area contributed by atoms with Gasteiger partial charge in [0.1, 0.15) is 17.4 Å². The van der Waals surface area contributed by atoms with Gasteiger partial charge in [0.15, 0.2) is 0 Å². The number of ether oxygens (including phenoxy) is 1. The summed E-state index contributed by atoms with van der Waals surface area (Å²) in [5.41, 5.74) is 2.79. The molecule has 1 aliphatic rings. The van der Waals surface area contributed by atoms with Gasteiger partial charge in [-0.05, 0) is 49.8 Å². The van der Waals surface area contributed by atoms with Gasteiger partial charge in [0.25, 0.3) is 0 Å². The third-order valence-electron chi connectivity index (χ3n) is 5.14. The van der Waals surface area contributed by atoms with E-state index in [4.69, 9.17) is 4.74 Å². The van der Waals surface area contributed by atoms with E-state index in [0.29, 0.717) is 17.9 Å². The number of fused-ring (bicyclic) bond motifs is 1. The monoisotopic (exact) mass is 368 g/mol. The van der Waals surface area contributed by atoms with E-state index >= 15 is 0 Å². The molecule has 1 fully saturated rings. The number of nitrogens with one attached hydrogen (secondary N) is 1. The van der Waals surface area contributed by atoms with E-state index in [2.05, 4.69) is 25.8 Å². The van der Waals surface area contributed by atoms with E-state index in [1.165, 1.54) is 6.07 Å². The van der Waals surface area contributed by atoms with Crippen LogP contribution in [0, 0.1) is 5.82 Å². The number of halogens is 1. The fraction of sp³-hybridized carbons (Fsp3) is 0.381. The molecule has 0 amide bonds. The van der Waals surface area contributed by atoms with Gasteiger partial charge in [-0.2, -0.15) is 0 Å². The van der Waals surface area contributed by atoms with Crippen LogP contribution in [0.25, 0.3) is 11.0 Å². The van der Waals surface area contributed by atoms with Crippen LogP contribution in [0.4, 0.5) is 4.39 Å². The van der Waals surface area contributed by atoms with Crippen LogP contribution in [0.1, 0.15) is 17.8 Å². The third kappa shape index (κ3) is 4.28. The zero-order chi connectivity index (χ0) is 18.6. The van der Waals surface area contributed by atoms with E-state index in [1.54, 1.807) is 19.2 Å². The third-order valence-corrected chi connectivity index (χ3v) is 5.14. The van der Waals surface area contributed by atoms with Gasteiger partial charge in [-0.1, -0.05) is 12.1 Å². The Kier molecular flexibility index (Phi) is 5.36. The second kappa shape index (κ2) is 8.06. The highest BCUT2D eigenvalue weighted by atomic mass is 19.1. The van der Waals surface area contributed by atoms with E-state index < -0.39 is 0 Å². The number of nitrogens with zero attached hydrogens (tertiary/aromatic N) is 3. The Bertz CT molecular complexity index is 877. The van der Waals surface area contributed by atoms with Gasteiger partial charge in [0.2, 0.25) is 0 Å². The van der Waals surface area contributed by atoms with Crippen LogP contribution in [0.5, 0.6) is 5.75 Å². The maximum absolute atomic E-state index is 14.1. The molecular weight excluding hydrogens is 343 g/mol. The Morgan fingerprint density at radius 2 is 1.81 bits per heavy atom. The van der Waals surface area contributed by atoms with Crippen LogP contribution in [-0.4, -0.2) is 53.1 Å². The topological polar surface area (TPSA) is 44.4 Å². The molecule has 1 aliphatic heterocycles. The van der Waals surface area contributed by atoms with Gasteiger partial charge >= 0.3 is 0 Å². The normalized spacial score (nSPS) is 16.5. The molecule has 0 atom stereocenters. The quantitative estimate of drug-likeness (QED) is 0.750. The Balaban J connectivity index is 1.37. The first kappa shape index (κ1) is 17.9. The minimum absolute atomic E-state index is 0.167. The molecule has 1 aromatic heterocycles. The minimum atomic E-state index is -0.167. The number of aromatic nitrogens is 2. The highest BCUT2D eigenvalue weighted by molar-refractivity contribution is 5.74. The van der Waals surface area contributed by atoms with Crippen molar-refractivity contribution in [3.05, 3.63) is 59.7 Å². The van der Waals surface area contributed by atoms with Crippen LogP contribution < -0.4 is 4.74 Å². The van der Waals surface area contributed by atoms with Gasteiger partial charge in [-0.15, -0.1) is 0 Å². The summed E-state index contributed by atoms with van der Waals surface area (Å²) in [6.45, 7) is 5.28. The molecule has 4 rings (SSSR count). The van der Waals surface area contributed by atoms with Gasteiger partial charge in [-0.25, -0.2) is 9.37 Å². The second-order valence-electron chi connectivity index (χ2n) is 7.06. The maximum Gasteiger partial charge on any atom is 0.127 e. The second-order valence-corrected chi connectivity index (χ2v) is 7.06. The molecule has 0 unspecified atom stereocenters. The number of hydrogen-bond donors (Lipinski definition) is 1. The fourth-order valence-corrected chi connectivity index (χ4v) is 3.67. The lowest BCUT2D eigenvalue weighted by Crippen LogP contribution is -2.30. The van der Waals surface area contributed by atoms with Crippen molar-refractivity contribution < 1.29 is 9.13 Å². The summed E-state index contributed by atoms with van der Waals surface area (Å²) in [5.74, 6) is 1.54. The first-order chi connectivity index (χ1) is 13.2. The van der Waals surface area contributed by atoms with Crippen molar-refractivity contribution in [2.24, 2.45) is 0 Å². The number of imidazole rings is 1. The number of rotatable bonds is 5. The zero-order valence-electron chi connectivity index (χ0n) is 15.6. The van der Waals surface area contributed by atoms with E-state index in [9.17, 15) is 4.39 Å². The number of methoxy groups -OCH3 is 1. The SMILES string of the molecule is COc1ccc(F)c(CN2CCCN(Cc3nc4ccccc4[nH]3)CC2)c1. The first-order valence-corrected chi connectivity index (χ1v) is 9.42. The molecule has 142 valence electrons. The van der Waals surface area contributed by atoms with E-state index in [0.717, 1.165) is 56.0 Å². The Labute approximate surface area is 158 Å².